The van der Waals surface area contributed by atoms with Crippen LogP contribution < -0.4 is 0 Å². The van der Waals surface area contributed by atoms with Gasteiger partial charge in [0.1, 0.15) is 5.60 Å². The van der Waals surface area contributed by atoms with Gasteiger partial charge in [0.05, 0.1) is 12.2 Å². The van der Waals surface area contributed by atoms with E-state index in [2.05, 4.69) is 46.4 Å². The van der Waals surface area contributed by atoms with Crippen LogP contribution in [0.2, 0.25) is 0 Å². The molecule has 4 unspecified atom stereocenters. The molecule has 0 saturated carbocycles. The van der Waals surface area contributed by atoms with Gasteiger partial charge in [-0.3, -0.25) is 0 Å². The lowest BCUT2D eigenvalue weighted by molar-refractivity contribution is 0.0672. The lowest BCUT2D eigenvalue weighted by atomic mass is 9.85. The van der Waals surface area contributed by atoms with Gasteiger partial charge in [0.2, 0.25) is 0 Å². The van der Waals surface area contributed by atoms with Crippen molar-refractivity contribution in [1.29, 1.82) is 0 Å². The third-order valence-electron chi connectivity index (χ3n) is 5.43. The fraction of sp³-hybridized carbons (Fsp3) is 0.700. The fourth-order valence-electron chi connectivity index (χ4n) is 3.37. The van der Waals surface area contributed by atoms with Crippen LogP contribution in [0, 0.1) is 5.92 Å². The number of rotatable bonds is 1. The van der Waals surface area contributed by atoms with Crippen LogP contribution in [0.25, 0.3) is 0 Å². The van der Waals surface area contributed by atoms with Crippen molar-refractivity contribution in [2.75, 3.05) is 0 Å². The minimum Gasteiger partial charge on any atom is -0.390 e. The summed E-state index contributed by atoms with van der Waals surface area (Å²) in [5, 5.41) is 10.6. The molecule has 1 saturated heterocycles. The first-order valence-corrected chi connectivity index (χ1v) is 8.65. The standard InChI is InChI=1S/C20H32O2/c1-14(2)17-11-9-15(3)7-6-8-16(4)10-12-19-20(5,22-19)18(21)13-17/h8-9,17-19,21H,1,6-7,10-13H2,2-5H3. The van der Waals surface area contributed by atoms with Crippen LogP contribution in [0.15, 0.2) is 35.5 Å². The molecule has 0 aromatic rings. The maximum atomic E-state index is 10.6. The number of allylic oxidation sites excluding steroid dienone is 5. The highest BCUT2D eigenvalue weighted by molar-refractivity contribution is 5.12. The molecule has 1 aliphatic heterocycles. The zero-order chi connectivity index (χ0) is 16.3. The minimum absolute atomic E-state index is 0.205. The van der Waals surface area contributed by atoms with Crippen molar-refractivity contribution < 1.29 is 9.84 Å². The van der Waals surface area contributed by atoms with Crippen LogP contribution in [-0.4, -0.2) is 22.9 Å². The second-order valence-electron chi connectivity index (χ2n) is 7.50. The van der Waals surface area contributed by atoms with Gasteiger partial charge in [0, 0.05) is 0 Å². The van der Waals surface area contributed by atoms with Gasteiger partial charge >= 0.3 is 0 Å². The summed E-state index contributed by atoms with van der Waals surface area (Å²) >= 11 is 0. The Balaban J connectivity index is 2.13. The molecule has 1 N–H and O–H groups in total. The van der Waals surface area contributed by atoms with Crippen molar-refractivity contribution in [3.63, 3.8) is 0 Å². The SMILES string of the molecule is C=C(C)C1CC=C(C)CCC=C(C)CCC2OC2(C)C(O)C1. The van der Waals surface area contributed by atoms with Gasteiger partial charge < -0.3 is 9.84 Å². The van der Waals surface area contributed by atoms with E-state index >= 15 is 0 Å². The molecule has 0 radical (unpaired) electrons. The van der Waals surface area contributed by atoms with Gasteiger partial charge in [-0.05, 0) is 72.1 Å². The summed E-state index contributed by atoms with van der Waals surface area (Å²) in [6.07, 6.45) is 10.5. The number of ether oxygens (including phenoxy) is 1. The molecule has 0 spiro atoms. The summed E-state index contributed by atoms with van der Waals surface area (Å²) < 4.78 is 5.87. The summed E-state index contributed by atoms with van der Waals surface area (Å²) in [6.45, 7) is 12.7. The second kappa shape index (κ2) is 7.14. The highest BCUT2D eigenvalue weighted by Crippen LogP contribution is 2.45. The van der Waals surface area contributed by atoms with Gasteiger partial charge in [0.25, 0.3) is 0 Å². The molecular weight excluding hydrogens is 272 g/mol. The van der Waals surface area contributed by atoms with Gasteiger partial charge in [-0.15, -0.1) is 0 Å². The smallest absolute Gasteiger partial charge is 0.118 e. The third kappa shape index (κ3) is 4.33. The van der Waals surface area contributed by atoms with Crippen LogP contribution in [0.3, 0.4) is 0 Å². The van der Waals surface area contributed by atoms with Crippen LogP contribution in [-0.2, 0) is 4.74 Å². The van der Waals surface area contributed by atoms with Crippen molar-refractivity contribution in [3.05, 3.63) is 35.5 Å². The maximum absolute atomic E-state index is 10.6. The lowest BCUT2D eigenvalue weighted by Crippen LogP contribution is -2.31. The first kappa shape index (κ1) is 17.5. The predicted molar refractivity (Wildman–Crippen MR) is 92.8 cm³/mol. The zero-order valence-corrected chi connectivity index (χ0v) is 14.7. The normalized spacial score (nSPS) is 37.4. The van der Waals surface area contributed by atoms with Gasteiger partial charge in [0.15, 0.2) is 0 Å². The Morgan fingerprint density at radius 3 is 2.64 bits per heavy atom. The molecular formula is C20H32O2. The second-order valence-corrected chi connectivity index (χ2v) is 7.50. The number of fused-ring (bicyclic) bond motifs is 1. The van der Waals surface area contributed by atoms with E-state index in [1.54, 1.807) is 0 Å². The molecule has 1 fully saturated rings. The molecule has 2 heteroatoms. The summed E-state index contributed by atoms with van der Waals surface area (Å²) in [6, 6.07) is 0. The first-order chi connectivity index (χ1) is 10.3. The van der Waals surface area contributed by atoms with Gasteiger partial charge in [-0.1, -0.05) is 35.5 Å². The fourth-order valence-corrected chi connectivity index (χ4v) is 3.37. The van der Waals surface area contributed by atoms with Crippen LogP contribution in [0.1, 0.15) is 66.2 Å². The quantitative estimate of drug-likeness (QED) is 0.549. The summed E-state index contributed by atoms with van der Waals surface area (Å²) in [4.78, 5) is 0. The van der Waals surface area contributed by atoms with E-state index in [4.69, 9.17) is 4.74 Å². The topological polar surface area (TPSA) is 32.8 Å². The minimum atomic E-state index is -0.403. The Labute approximate surface area is 136 Å². The summed E-state index contributed by atoms with van der Waals surface area (Å²) in [5.41, 5.74) is 3.69. The molecule has 124 valence electrons. The summed E-state index contributed by atoms with van der Waals surface area (Å²) in [5.74, 6) is 0.340. The zero-order valence-electron chi connectivity index (χ0n) is 14.7. The third-order valence-corrected chi connectivity index (χ3v) is 5.43. The van der Waals surface area contributed by atoms with E-state index in [-0.39, 0.29) is 11.7 Å². The molecule has 2 aliphatic rings. The molecule has 4 atom stereocenters. The highest BCUT2D eigenvalue weighted by Gasteiger charge is 2.56. The lowest BCUT2D eigenvalue weighted by Gasteiger charge is -2.23. The van der Waals surface area contributed by atoms with E-state index in [1.165, 1.54) is 11.1 Å². The predicted octanol–water partition coefficient (Wildman–Crippen LogP) is 4.94. The molecule has 2 rings (SSSR count). The van der Waals surface area contributed by atoms with Gasteiger partial charge in [-0.25, -0.2) is 0 Å². The molecule has 0 amide bonds. The van der Waals surface area contributed by atoms with Crippen molar-refractivity contribution in [2.45, 2.75) is 84.0 Å². The summed E-state index contributed by atoms with van der Waals surface area (Å²) in [7, 11) is 0. The highest BCUT2D eigenvalue weighted by atomic mass is 16.6. The average molecular weight is 304 g/mol. The van der Waals surface area contributed by atoms with Gasteiger partial charge in [-0.2, -0.15) is 0 Å². The molecule has 2 nitrogen and oxygen atoms in total. The number of epoxide rings is 1. The first-order valence-electron chi connectivity index (χ1n) is 8.65. The number of aliphatic hydroxyl groups excluding tert-OH is 1. The van der Waals surface area contributed by atoms with E-state index < -0.39 is 6.10 Å². The van der Waals surface area contributed by atoms with Crippen molar-refractivity contribution >= 4 is 0 Å². The number of hydrogen-bond donors (Lipinski definition) is 1. The number of hydrogen-bond acceptors (Lipinski definition) is 2. The van der Waals surface area contributed by atoms with E-state index in [0.717, 1.165) is 44.1 Å². The molecule has 0 aromatic carbocycles. The Hall–Kier alpha value is -0.860. The largest absolute Gasteiger partial charge is 0.390 e. The average Bonchev–Trinajstić information content (AvgIpc) is 3.12. The monoisotopic (exact) mass is 304 g/mol. The Morgan fingerprint density at radius 1 is 1.27 bits per heavy atom. The van der Waals surface area contributed by atoms with Crippen LogP contribution in [0.5, 0.6) is 0 Å². The molecule has 22 heavy (non-hydrogen) atoms. The molecule has 1 heterocycles. The van der Waals surface area contributed by atoms with E-state index in [1.807, 2.05) is 0 Å². The Morgan fingerprint density at radius 2 is 1.95 bits per heavy atom. The van der Waals surface area contributed by atoms with Crippen LogP contribution in [0.4, 0.5) is 0 Å². The Bertz CT molecular complexity index is 474. The molecule has 1 aliphatic carbocycles. The Kier molecular flexibility index (Phi) is 5.68. The van der Waals surface area contributed by atoms with E-state index in [0.29, 0.717) is 5.92 Å². The van der Waals surface area contributed by atoms with Crippen molar-refractivity contribution in [1.82, 2.24) is 0 Å². The van der Waals surface area contributed by atoms with Crippen LogP contribution >= 0.6 is 0 Å². The van der Waals surface area contributed by atoms with Crippen molar-refractivity contribution in [2.24, 2.45) is 5.92 Å². The molecule has 0 bridgehead atoms. The number of aliphatic hydroxyl groups is 1. The maximum Gasteiger partial charge on any atom is 0.118 e. The molecule has 0 aromatic heterocycles. The van der Waals surface area contributed by atoms with E-state index in [9.17, 15) is 5.11 Å². The van der Waals surface area contributed by atoms with Crippen molar-refractivity contribution in [3.8, 4) is 0 Å².